The molecule has 1 aromatic rings. The summed E-state index contributed by atoms with van der Waals surface area (Å²) in [6.07, 6.45) is 5.50. The number of aromatic nitrogens is 1. The first kappa shape index (κ1) is 9.58. The Morgan fingerprint density at radius 1 is 1.62 bits per heavy atom. The maximum Gasteiger partial charge on any atom is 0.251 e. The summed E-state index contributed by atoms with van der Waals surface area (Å²) in [5.41, 5.74) is 7.16. The average molecular weight is 178 g/mol. The van der Waals surface area contributed by atoms with Gasteiger partial charge in [0.15, 0.2) is 0 Å². The van der Waals surface area contributed by atoms with E-state index in [4.69, 9.17) is 5.73 Å². The Bertz CT molecular complexity index is 377. The van der Waals surface area contributed by atoms with Crippen molar-refractivity contribution in [1.29, 1.82) is 0 Å². The lowest BCUT2D eigenvalue weighted by atomic mass is 10.2. The van der Waals surface area contributed by atoms with Crippen molar-refractivity contribution in [3.63, 3.8) is 0 Å². The van der Waals surface area contributed by atoms with E-state index >= 15 is 0 Å². The summed E-state index contributed by atoms with van der Waals surface area (Å²) in [7, 11) is 0. The summed E-state index contributed by atoms with van der Waals surface area (Å²) in [6.45, 7) is 4.33. The van der Waals surface area contributed by atoms with E-state index in [9.17, 15) is 4.79 Å². The molecule has 0 aromatic carbocycles. The van der Waals surface area contributed by atoms with Gasteiger partial charge in [-0.25, -0.2) is 0 Å². The molecule has 0 fully saturated rings. The zero-order valence-corrected chi connectivity index (χ0v) is 7.95. The highest BCUT2D eigenvalue weighted by Gasteiger charge is 1.97. The Morgan fingerprint density at radius 2 is 2.31 bits per heavy atom. The quantitative estimate of drug-likeness (QED) is 0.694. The molecule has 2 N–H and O–H groups in total. The number of nitrogens with two attached hydrogens (primary N) is 1. The van der Waals surface area contributed by atoms with Crippen molar-refractivity contribution >= 4 is 5.69 Å². The molecule has 3 heteroatoms. The van der Waals surface area contributed by atoms with Gasteiger partial charge in [-0.15, -0.1) is 0 Å². The standard InChI is InChI=1S/C10H14N2O/c1-3-4-5-12-7-9(11)8(2)6-10(12)13/h3-4,6-7H,5,11H2,1-2H3/b4-3+. The molecule has 0 aliphatic heterocycles. The van der Waals surface area contributed by atoms with Crippen molar-refractivity contribution in [3.8, 4) is 0 Å². The van der Waals surface area contributed by atoms with Gasteiger partial charge in [0.25, 0.3) is 5.56 Å². The molecule has 0 amide bonds. The van der Waals surface area contributed by atoms with Gasteiger partial charge in [-0.1, -0.05) is 12.2 Å². The second-order valence-electron chi connectivity index (χ2n) is 2.97. The number of allylic oxidation sites excluding steroid dienone is 2. The van der Waals surface area contributed by atoms with Crippen LogP contribution in [0.2, 0.25) is 0 Å². The lowest BCUT2D eigenvalue weighted by Crippen LogP contribution is -2.19. The molecule has 0 spiro atoms. The summed E-state index contributed by atoms with van der Waals surface area (Å²) in [5, 5.41) is 0. The van der Waals surface area contributed by atoms with E-state index in [0.717, 1.165) is 5.56 Å². The van der Waals surface area contributed by atoms with Gasteiger partial charge in [0.1, 0.15) is 0 Å². The normalized spacial score (nSPS) is 10.9. The first-order valence-electron chi connectivity index (χ1n) is 4.23. The van der Waals surface area contributed by atoms with Gasteiger partial charge < -0.3 is 10.3 Å². The molecule has 13 heavy (non-hydrogen) atoms. The van der Waals surface area contributed by atoms with Gasteiger partial charge in [-0.3, -0.25) is 4.79 Å². The number of aryl methyl sites for hydroxylation is 1. The highest BCUT2D eigenvalue weighted by Crippen LogP contribution is 2.04. The lowest BCUT2D eigenvalue weighted by molar-refractivity contribution is 0.778. The fourth-order valence-electron chi connectivity index (χ4n) is 1.05. The summed E-state index contributed by atoms with van der Waals surface area (Å²) in [6, 6.07) is 1.55. The van der Waals surface area contributed by atoms with Gasteiger partial charge in [0, 0.05) is 18.8 Å². The third-order valence-corrected chi connectivity index (χ3v) is 1.91. The van der Waals surface area contributed by atoms with Crippen molar-refractivity contribution in [2.75, 3.05) is 5.73 Å². The molecular formula is C10H14N2O. The van der Waals surface area contributed by atoms with Crippen molar-refractivity contribution < 1.29 is 0 Å². The molecule has 0 unspecified atom stereocenters. The van der Waals surface area contributed by atoms with Gasteiger partial charge in [0.05, 0.1) is 5.69 Å². The monoisotopic (exact) mass is 178 g/mol. The van der Waals surface area contributed by atoms with Crippen molar-refractivity contribution in [3.05, 3.63) is 40.3 Å². The molecule has 1 rings (SSSR count). The number of pyridine rings is 1. The third kappa shape index (κ3) is 2.21. The van der Waals surface area contributed by atoms with E-state index < -0.39 is 0 Å². The van der Waals surface area contributed by atoms with E-state index in [2.05, 4.69) is 0 Å². The van der Waals surface area contributed by atoms with Crippen LogP contribution >= 0.6 is 0 Å². The van der Waals surface area contributed by atoms with E-state index in [-0.39, 0.29) is 5.56 Å². The van der Waals surface area contributed by atoms with E-state index in [1.54, 1.807) is 16.8 Å². The predicted octanol–water partition coefficient (Wildman–Crippen LogP) is 1.32. The van der Waals surface area contributed by atoms with Crippen LogP contribution in [0.5, 0.6) is 0 Å². The van der Waals surface area contributed by atoms with Crippen molar-refractivity contribution in [2.45, 2.75) is 20.4 Å². The molecule has 0 aliphatic carbocycles. The molecule has 1 aromatic heterocycles. The van der Waals surface area contributed by atoms with Crippen LogP contribution in [0.15, 0.2) is 29.2 Å². The number of hydrogen-bond donors (Lipinski definition) is 1. The Kier molecular flexibility index (Phi) is 2.90. The van der Waals surface area contributed by atoms with Crippen LogP contribution in [0.25, 0.3) is 0 Å². The first-order chi connectivity index (χ1) is 6.15. The van der Waals surface area contributed by atoms with Crippen molar-refractivity contribution in [2.24, 2.45) is 0 Å². The van der Waals surface area contributed by atoms with Crippen LogP contribution in [0.4, 0.5) is 5.69 Å². The fraction of sp³-hybridized carbons (Fsp3) is 0.300. The summed E-state index contributed by atoms with van der Waals surface area (Å²) in [4.78, 5) is 11.4. The minimum atomic E-state index is -0.00944. The lowest BCUT2D eigenvalue weighted by Gasteiger charge is -2.04. The Morgan fingerprint density at radius 3 is 2.92 bits per heavy atom. The number of nitrogens with zero attached hydrogens (tertiary/aromatic N) is 1. The topological polar surface area (TPSA) is 48.0 Å². The molecule has 0 aliphatic rings. The van der Waals surface area contributed by atoms with Crippen LogP contribution in [0.3, 0.4) is 0 Å². The smallest absolute Gasteiger partial charge is 0.251 e. The van der Waals surface area contributed by atoms with Crippen LogP contribution in [0, 0.1) is 6.92 Å². The SMILES string of the molecule is C/C=C/Cn1cc(N)c(C)cc1=O. The first-order valence-corrected chi connectivity index (χ1v) is 4.23. The Hall–Kier alpha value is -1.51. The molecule has 0 saturated carbocycles. The summed E-state index contributed by atoms with van der Waals surface area (Å²) in [5.74, 6) is 0. The minimum Gasteiger partial charge on any atom is -0.397 e. The number of rotatable bonds is 2. The van der Waals surface area contributed by atoms with E-state index in [0.29, 0.717) is 12.2 Å². The second kappa shape index (κ2) is 3.94. The Balaban J connectivity index is 3.09. The maximum atomic E-state index is 11.4. The van der Waals surface area contributed by atoms with Crippen LogP contribution < -0.4 is 11.3 Å². The largest absolute Gasteiger partial charge is 0.397 e. The molecule has 3 nitrogen and oxygen atoms in total. The zero-order valence-electron chi connectivity index (χ0n) is 7.95. The molecule has 0 bridgehead atoms. The van der Waals surface area contributed by atoms with Crippen LogP contribution in [-0.2, 0) is 6.54 Å². The fourth-order valence-corrected chi connectivity index (χ4v) is 1.05. The highest BCUT2D eigenvalue weighted by molar-refractivity contribution is 5.42. The molecule has 0 radical (unpaired) electrons. The third-order valence-electron chi connectivity index (χ3n) is 1.91. The number of anilines is 1. The van der Waals surface area contributed by atoms with Crippen LogP contribution in [-0.4, -0.2) is 4.57 Å². The van der Waals surface area contributed by atoms with Gasteiger partial charge in [0.2, 0.25) is 0 Å². The minimum absolute atomic E-state index is 0.00944. The zero-order chi connectivity index (χ0) is 9.84. The predicted molar refractivity (Wildman–Crippen MR) is 54.7 cm³/mol. The molecular weight excluding hydrogens is 164 g/mol. The second-order valence-corrected chi connectivity index (χ2v) is 2.97. The highest BCUT2D eigenvalue weighted by atomic mass is 16.1. The van der Waals surface area contributed by atoms with Gasteiger partial charge in [-0.05, 0) is 19.4 Å². The Labute approximate surface area is 77.5 Å². The molecule has 1 heterocycles. The molecule has 0 saturated heterocycles. The van der Waals surface area contributed by atoms with Gasteiger partial charge in [-0.2, -0.15) is 0 Å². The summed E-state index contributed by atoms with van der Waals surface area (Å²) < 4.78 is 1.59. The van der Waals surface area contributed by atoms with Crippen molar-refractivity contribution in [1.82, 2.24) is 4.57 Å². The molecule has 0 atom stereocenters. The average Bonchev–Trinajstić information content (AvgIpc) is 2.09. The molecule has 70 valence electrons. The van der Waals surface area contributed by atoms with E-state index in [1.807, 2.05) is 26.0 Å². The number of nitrogen functional groups attached to an aromatic ring is 1. The van der Waals surface area contributed by atoms with Gasteiger partial charge >= 0.3 is 0 Å². The van der Waals surface area contributed by atoms with E-state index in [1.165, 1.54) is 0 Å². The summed E-state index contributed by atoms with van der Waals surface area (Å²) >= 11 is 0. The number of hydrogen-bond acceptors (Lipinski definition) is 2. The maximum absolute atomic E-state index is 11.4. The van der Waals surface area contributed by atoms with Crippen LogP contribution in [0.1, 0.15) is 12.5 Å².